The summed E-state index contributed by atoms with van der Waals surface area (Å²) < 4.78 is 2.67. The van der Waals surface area contributed by atoms with Crippen molar-refractivity contribution in [2.45, 2.75) is 0 Å². The monoisotopic (exact) mass is 679 g/mol. The summed E-state index contributed by atoms with van der Waals surface area (Å²) in [5.41, 5.74) is 10.7. The van der Waals surface area contributed by atoms with Gasteiger partial charge in [-0.15, -0.1) is 11.3 Å². The number of hydrogen-bond acceptors (Lipinski definition) is 2. The summed E-state index contributed by atoms with van der Waals surface area (Å²) in [5.74, 6) is 0. The molecule has 0 amide bonds. The Bertz CT molecular complexity index is 2870. The van der Waals surface area contributed by atoms with Gasteiger partial charge in [0.2, 0.25) is 0 Å². The molecule has 0 unspecified atom stereocenters. The molecular weight excluding hydrogens is 647 g/mol. The lowest BCUT2D eigenvalue weighted by Gasteiger charge is -2.28. The van der Waals surface area contributed by atoms with Crippen LogP contribution in [0.2, 0.25) is 0 Å². The number of fused-ring (bicyclic) bond motifs is 6. The molecule has 0 saturated carbocycles. The van der Waals surface area contributed by atoms with Gasteiger partial charge in [-0.2, -0.15) is 0 Å². The zero-order valence-corrected chi connectivity index (χ0v) is 29.2. The van der Waals surface area contributed by atoms with Gasteiger partial charge in [-0.1, -0.05) is 152 Å². The van der Waals surface area contributed by atoms with Crippen molar-refractivity contribution in [2.24, 2.45) is 0 Å². The molecule has 0 radical (unpaired) electrons. The molecule has 2 heteroatoms. The minimum Gasteiger partial charge on any atom is -0.310 e. The molecular formula is C50H33NS. The number of benzene rings is 9. The Morgan fingerprint density at radius 1 is 0.327 bits per heavy atom. The highest BCUT2D eigenvalue weighted by Crippen LogP contribution is 2.44. The molecule has 0 aliphatic heterocycles. The fourth-order valence-electron chi connectivity index (χ4n) is 7.73. The van der Waals surface area contributed by atoms with Crippen molar-refractivity contribution in [2.75, 3.05) is 4.90 Å². The van der Waals surface area contributed by atoms with E-state index in [9.17, 15) is 0 Å². The van der Waals surface area contributed by atoms with Crippen molar-refractivity contribution < 1.29 is 0 Å². The first-order valence-corrected chi connectivity index (χ1v) is 18.6. The summed E-state index contributed by atoms with van der Waals surface area (Å²) >= 11 is 1.87. The van der Waals surface area contributed by atoms with E-state index in [0.717, 1.165) is 17.1 Å². The van der Waals surface area contributed by atoms with Gasteiger partial charge in [0.25, 0.3) is 0 Å². The number of nitrogens with zero attached hydrogens (tertiary/aromatic N) is 1. The zero-order valence-electron chi connectivity index (χ0n) is 28.4. The maximum atomic E-state index is 2.40. The Balaban J connectivity index is 1.10. The maximum absolute atomic E-state index is 2.40. The molecule has 0 N–H and O–H groups in total. The van der Waals surface area contributed by atoms with Crippen molar-refractivity contribution in [1.29, 1.82) is 0 Å². The average Bonchev–Trinajstić information content (AvgIpc) is 3.61. The first kappa shape index (κ1) is 30.4. The second kappa shape index (κ2) is 12.7. The molecule has 10 rings (SSSR count). The highest BCUT2D eigenvalue weighted by Gasteiger charge is 2.18. The fraction of sp³-hybridized carbons (Fsp3) is 0. The summed E-state index contributed by atoms with van der Waals surface area (Å²) in [7, 11) is 0. The smallest absolute Gasteiger partial charge is 0.0540 e. The lowest BCUT2D eigenvalue weighted by molar-refractivity contribution is 1.30. The van der Waals surface area contributed by atoms with Crippen LogP contribution in [0.1, 0.15) is 0 Å². The van der Waals surface area contributed by atoms with E-state index in [4.69, 9.17) is 0 Å². The van der Waals surface area contributed by atoms with Crippen molar-refractivity contribution in [3.05, 3.63) is 200 Å². The molecule has 10 aromatic rings. The largest absolute Gasteiger partial charge is 0.310 e. The van der Waals surface area contributed by atoms with Crippen molar-refractivity contribution >= 4 is 70.1 Å². The number of anilines is 3. The average molecular weight is 680 g/mol. The Morgan fingerprint density at radius 2 is 0.865 bits per heavy atom. The van der Waals surface area contributed by atoms with Crippen LogP contribution in [0, 0.1) is 0 Å². The molecule has 244 valence electrons. The highest BCUT2D eigenvalue weighted by atomic mass is 32.1. The van der Waals surface area contributed by atoms with Gasteiger partial charge in [0.1, 0.15) is 0 Å². The van der Waals surface area contributed by atoms with E-state index in [1.807, 2.05) is 11.3 Å². The third kappa shape index (κ3) is 5.24. The highest BCUT2D eigenvalue weighted by molar-refractivity contribution is 7.26. The standard InChI is InChI=1S/C50H33NS/c1-3-11-34(12-4-1)35-21-26-40(27-22-35)51(47-31-30-42(37-13-5-2-6-14-37)43-15-7-8-16-44(43)47)41-28-23-36(24-29-41)39-20-19-38-25-32-49-50(46(38)33-39)45-17-9-10-18-48(45)52-49/h1-33H. The minimum absolute atomic E-state index is 1.11. The third-order valence-corrected chi connectivity index (χ3v) is 11.4. The first-order chi connectivity index (χ1) is 25.8. The quantitative estimate of drug-likeness (QED) is 0.169. The molecule has 1 nitrogen and oxygen atoms in total. The lowest BCUT2D eigenvalue weighted by atomic mass is 9.96. The second-order valence-electron chi connectivity index (χ2n) is 13.3. The van der Waals surface area contributed by atoms with E-state index in [1.54, 1.807) is 0 Å². The van der Waals surface area contributed by atoms with Crippen LogP contribution in [-0.2, 0) is 0 Å². The fourth-order valence-corrected chi connectivity index (χ4v) is 8.86. The van der Waals surface area contributed by atoms with E-state index in [-0.39, 0.29) is 0 Å². The molecule has 1 aromatic heterocycles. The summed E-state index contributed by atoms with van der Waals surface area (Å²) in [6.45, 7) is 0. The SMILES string of the molecule is c1ccc(-c2ccc(N(c3ccc(-c4ccc5ccc6sc7ccccc7c6c5c4)cc3)c3ccc(-c4ccccc4)c4ccccc34)cc2)cc1. The van der Waals surface area contributed by atoms with Gasteiger partial charge in [0, 0.05) is 36.9 Å². The van der Waals surface area contributed by atoms with E-state index < -0.39 is 0 Å². The van der Waals surface area contributed by atoms with Gasteiger partial charge in [-0.05, 0) is 98.1 Å². The van der Waals surface area contributed by atoms with E-state index >= 15 is 0 Å². The summed E-state index contributed by atoms with van der Waals surface area (Å²) in [6.07, 6.45) is 0. The second-order valence-corrected chi connectivity index (χ2v) is 14.4. The molecule has 52 heavy (non-hydrogen) atoms. The predicted molar refractivity (Wildman–Crippen MR) is 225 cm³/mol. The Hall–Kier alpha value is -6.48. The van der Waals surface area contributed by atoms with Crippen LogP contribution in [0.15, 0.2) is 200 Å². The number of thiophene rings is 1. The van der Waals surface area contributed by atoms with Crippen molar-refractivity contribution in [3.8, 4) is 33.4 Å². The number of hydrogen-bond donors (Lipinski definition) is 0. The third-order valence-electron chi connectivity index (χ3n) is 10.3. The number of rotatable bonds is 6. The van der Waals surface area contributed by atoms with Crippen molar-refractivity contribution in [1.82, 2.24) is 0 Å². The summed E-state index contributed by atoms with van der Waals surface area (Å²) in [6, 6.07) is 72.9. The van der Waals surface area contributed by atoms with Crippen LogP contribution in [0.3, 0.4) is 0 Å². The lowest BCUT2D eigenvalue weighted by Crippen LogP contribution is -2.10. The molecule has 0 bridgehead atoms. The minimum atomic E-state index is 1.11. The molecule has 0 saturated heterocycles. The van der Waals surface area contributed by atoms with Gasteiger partial charge in [0.05, 0.1) is 5.69 Å². The van der Waals surface area contributed by atoms with Crippen LogP contribution in [0.4, 0.5) is 17.1 Å². The zero-order chi connectivity index (χ0) is 34.4. The van der Waals surface area contributed by atoms with Gasteiger partial charge in [-0.25, -0.2) is 0 Å². The first-order valence-electron chi connectivity index (χ1n) is 17.8. The van der Waals surface area contributed by atoms with E-state index in [1.165, 1.54) is 75.1 Å². The van der Waals surface area contributed by atoms with Crippen LogP contribution >= 0.6 is 11.3 Å². The summed E-state index contributed by atoms with van der Waals surface area (Å²) in [5, 5.41) is 7.71. The Morgan fingerprint density at radius 3 is 1.58 bits per heavy atom. The van der Waals surface area contributed by atoms with Crippen LogP contribution in [0.25, 0.3) is 75.1 Å². The van der Waals surface area contributed by atoms with Gasteiger partial charge in [-0.3, -0.25) is 0 Å². The van der Waals surface area contributed by atoms with Gasteiger partial charge >= 0.3 is 0 Å². The topological polar surface area (TPSA) is 3.24 Å². The molecule has 0 aliphatic rings. The Kier molecular flexibility index (Phi) is 7.41. The van der Waals surface area contributed by atoms with Gasteiger partial charge < -0.3 is 4.90 Å². The van der Waals surface area contributed by atoms with Gasteiger partial charge in [0.15, 0.2) is 0 Å². The van der Waals surface area contributed by atoms with Crippen LogP contribution in [0.5, 0.6) is 0 Å². The molecule has 0 fully saturated rings. The molecule has 1 heterocycles. The van der Waals surface area contributed by atoms with Crippen LogP contribution < -0.4 is 4.90 Å². The van der Waals surface area contributed by atoms with Crippen LogP contribution in [-0.4, -0.2) is 0 Å². The molecule has 0 aliphatic carbocycles. The van der Waals surface area contributed by atoms with E-state index in [0.29, 0.717) is 0 Å². The summed E-state index contributed by atoms with van der Waals surface area (Å²) in [4.78, 5) is 2.40. The molecule has 0 atom stereocenters. The molecule has 0 spiro atoms. The van der Waals surface area contributed by atoms with E-state index in [2.05, 4.69) is 205 Å². The Labute approximate surface area is 307 Å². The predicted octanol–water partition coefficient (Wildman–Crippen LogP) is 14.8. The van der Waals surface area contributed by atoms with Crippen molar-refractivity contribution in [3.63, 3.8) is 0 Å². The normalized spacial score (nSPS) is 11.5. The maximum Gasteiger partial charge on any atom is 0.0540 e. The molecule has 9 aromatic carbocycles.